The summed E-state index contributed by atoms with van der Waals surface area (Å²) in [6.45, 7) is 0.652. The summed E-state index contributed by atoms with van der Waals surface area (Å²) in [6, 6.07) is 24.4. The molecule has 0 aliphatic carbocycles. The number of anilines is 1. The number of nitrogens with one attached hydrogen (secondary N) is 3. The molecule has 0 fully saturated rings. The minimum Gasteiger partial charge on any atom is -0.506 e. The Morgan fingerprint density at radius 3 is 2.45 bits per heavy atom. The summed E-state index contributed by atoms with van der Waals surface area (Å²) in [4.78, 5) is 40.2. The molecular formula is C38H41Cl3N4O8. The van der Waals surface area contributed by atoms with Gasteiger partial charge in [-0.15, -0.1) is 24.8 Å². The average molecular weight is 788 g/mol. The highest BCUT2D eigenvalue weighted by atomic mass is 35.5. The number of hydrogen-bond donors (Lipinski definition) is 6. The van der Waals surface area contributed by atoms with Gasteiger partial charge in [0.05, 0.1) is 29.4 Å². The summed E-state index contributed by atoms with van der Waals surface area (Å²) >= 11 is 6.52. The zero-order valence-corrected chi connectivity index (χ0v) is 31.3. The number of fused-ring (bicyclic) bond motifs is 1. The molecule has 53 heavy (non-hydrogen) atoms. The maximum absolute atomic E-state index is 12.9. The van der Waals surface area contributed by atoms with Crippen LogP contribution in [0.1, 0.15) is 29.2 Å². The second-order valence-electron chi connectivity index (χ2n) is 11.9. The molecule has 1 aromatic heterocycles. The van der Waals surface area contributed by atoms with E-state index in [1.807, 2.05) is 48.5 Å². The number of rotatable bonds is 15. The third-order valence-corrected chi connectivity index (χ3v) is 8.70. The molecule has 0 unspecified atom stereocenters. The van der Waals surface area contributed by atoms with E-state index >= 15 is 0 Å². The lowest BCUT2D eigenvalue weighted by Crippen LogP contribution is -2.32. The number of aryl methyl sites for hydroxylation is 1. The van der Waals surface area contributed by atoms with E-state index in [0.29, 0.717) is 47.3 Å². The van der Waals surface area contributed by atoms with Crippen LogP contribution in [0.2, 0.25) is 5.02 Å². The number of H-pyrrole nitrogens is 1. The van der Waals surface area contributed by atoms with Crippen molar-refractivity contribution >= 4 is 65.0 Å². The normalized spacial score (nSPS) is 11.2. The van der Waals surface area contributed by atoms with Crippen molar-refractivity contribution in [2.24, 2.45) is 0 Å². The van der Waals surface area contributed by atoms with Gasteiger partial charge in [-0.2, -0.15) is 0 Å². The maximum atomic E-state index is 12.9. The van der Waals surface area contributed by atoms with E-state index < -0.39 is 12.2 Å². The van der Waals surface area contributed by atoms with Crippen LogP contribution in [0.4, 0.5) is 10.5 Å². The summed E-state index contributed by atoms with van der Waals surface area (Å²) in [7, 11) is 3.19. The number of aromatic hydroxyl groups is 1. The van der Waals surface area contributed by atoms with Gasteiger partial charge in [-0.3, -0.25) is 14.9 Å². The lowest BCUT2D eigenvalue weighted by molar-refractivity contribution is -0.132. The first-order valence-electron chi connectivity index (χ1n) is 16.2. The number of carbonyl (C=O) groups is 2. The van der Waals surface area contributed by atoms with Gasteiger partial charge < -0.3 is 40.0 Å². The van der Waals surface area contributed by atoms with E-state index in [4.69, 9.17) is 21.1 Å². The Balaban J connectivity index is 0.00000378. The summed E-state index contributed by atoms with van der Waals surface area (Å²) in [5, 5.41) is 36.8. The monoisotopic (exact) mass is 786 g/mol. The second-order valence-corrected chi connectivity index (χ2v) is 12.3. The van der Waals surface area contributed by atoms with Gasteiger partial charge in [-0.05, 0) is 53.8 Å². The van der Waals surface area contributed by atoms with Crippen LogP contribution in [0, 0.1) is 0 Å². The van der Waals surface area contributed by atoms with Crippen LogP contribution in [0.25, 0.3) is 22.0 Å². The number of aromatic amines is 1. The highest BCUT2D eigenvalue weighted by Crippen LogP contribution is 2.34. The number of aromatic nitrogens is 1. The van der Waals surface area contributed by atoms with Gasteiger partial charge in [-0.1, -0.05) is 60.1 Å². The van der Waals surface area contributed by atoms with Gasteiger partial charge in [-0.25, -0.2) is 4.79 Å². The molecular weight excluding hydrogens is 747 g/mol. The molecule has 12 nitrogen and oxygen atoms in total. The number of carboxylic acid groups (broad SMARTS) is 1. The number of aliphatic hydroxyl groups excluding tert-OH is 1. The Morgan fingerprint density at radius 1 is 0.981 bits per heavy atom. The van der Waals surface area contributed by atoms with Gasteiger partial charge in [0.1, 0.15) is 17.2 Å². The van der Waals surface area contributed by atoms with Crippen LogP contribution < -0.4 is 25.7 Å². The van der Waals surface area contributed by atoms with Crippen molar-refractivity contribution in [1.29, 1.82) is 0 Å². The van der Waals surface area contributed by atoms with Crippen LogP contribution in [0.5, 0.6) is 17.2 Å². The van der Waals surface area contributed by atoms with Crippen LogP contribution in [-0.4, -0.2) is 71.1 Å². The topological polar surface area (TPSA) is 173 Å². The molecule has 0 saturated carbocycles. The van der Waals surface area contributed by atoms with Crippen molar-refractivity contribution in [3.05, 3.63) is 117 Å². The van der Waals surface area contributed by atoms with Crippen molar-refractivity contribution in [3.8, 4) is 28.4 Å². The first-order valence-corrected chi connectivity index (χ1v) is 16.6. The lowest BCUT2D eigenvalue weighted by atomic mass is 9.99. The predicted octanol–water partition coefficient (Wildman–Crippen LogP) is 6.79. The number of benzene rings is 4. The van der Waals surface area contributed by atoms with Gasteiger partial charge >= 0.3 is 6.09 Å². The summed E-state index contributed by atoms with van der Waals surface area (Å²) < 4.78 is 11.3. The largest absolute Gasteiger partial charge is 0.506 e. The smallest absolute Gasteiger partial charge is 0.409 e. The molecule has 2 amide bonds. The fourth-order valence-electron chi connectivity index (χ4n) is 5.75. The van der Waals surface area contributed by atoms with Crippen molar-refractivity contribution in [2.45, 2.75) is 25.5 Å². The first-order chi connectivity index (χ1) is 24.5. The number of methoxy groups -OCH3 is 1. The van der Waals surface area contributed by atoms with Crippen molar-refractivity contribution in [1.82, 2.24) is 15.2 Å². The predicted molar refractivity (Wildman–Crippen MR) is 210 cm³/mol. The summed E-state index contributed by atoms with van der Waals surface area (Å²) in [5.74, 6) is 0.415. The zero-order chi connectivity index (χ0) is 36.5. The number of carbonyl (C=O) groups excluding carboxylic acids is 1. The molecule has 0 saturated heterocycles. The fraction of sp³-hybridized carbons (Fsp3) is 0.237. The number of nitrogens with zero attached hydrogens (tertiary/aromatic N) is 1. The number of phenols is 1. The molecule has 0 aliphatic heterocycles. The Bertz CT molecular complexity index is 2080. The number of likely N-dealkylation sites (N-methyl/N-ethyl adjacent to an activating group) is 1. The van der Waals surface area contributed by atoms with Gasteiger partial charge in [0.2, 0.25) is 5.56 Å². The Morgan fingerprint density at radius 2 is 1.74 bits per heavy atom. The number of ether oxygens (including phenoxy) is 2. The SMILES string of the molecule is COc1cc(OCC(=O)N(C)CCCc2ccc(-c3ccccc3)c(NC(=O)O)c2)c(Cl)cc1CNC[C@@H](O)c1ccc(O)c2[nH]c(=O)ccc12.Cl.Cl. The lowest BCUT2D eigenvalue weighted by Gasteiger charge is -2.19. The van der Waals surface area contributed by atoms with Crippen LogP contribution in [0.15, 0.2) is 89.7 Å². The molecule has 5 aromatic rings. The fourth-order valence-corrected chi connectivity index (χ4v) is 5.99. The van der Waals surface area contributed by atoms with Crippen LogP contribution >= 0.6 is 36.4 Å². The number of phenolic OH excluding ortho intramolecular Hbond substituents is 1. The molecule has 0 aliphatic rings. The van der Waals surface area contributed by atoms with Crippen LogP contribution in [0.3, 0.4) is 0 Å². The van der Waals surface area contributed by atoms with Gasteiger partial charge in [0, 0.05) is 55.3 Å². The standard InChI is InChI=1S/C38H39ClN4O8.2ClH/c1-43(16-6-7-23-10-11-26(24-8-4-3-5-9-24)30(17-23)41-38(48)49)36(47)22-51-34-19-33(50-2)25(18-29(34)39)20-40-21-32(45)27-12-14-31(44)37-28(27)13-15-35(46)42-37;;/h3-5,8-15,17-19,32,40-41,44-45H,6-7,16,20-22H2,1-2H3,(H,42,46)(H,48,49);2*1H/t32-;;/m1../s1. The molecule has 5 rings (SSSR count). The first kappa shape index (κ1) is 42.4. The number of pyridine rings is 1. The van der Waals surface area contributed by atoms with Gasteiger partial charge in [0.15, 0.2) is 6.61 Å². The van der Waals surface area contributed by atoms with Crippen molar-refractivity contribution in [2.75, 3.05) is 39.2 Å². The van der Waals surface area contributed by atoms with E-state index in [1.165, 1.54) is 19.2 Å². The molecule has 0 bridgehead atoms. The Hall–Kier alpha value is -4.98. The number of amides is 2. The minimum absolute atomic E-state index is 0. The van der Waals surface area contributed by atoms with E-state index in [-0.39, 0.29) is 78.0 Å². The van der Waals surface area contributed by atoms with E-state index in [0.717, 1.165) is 16.7 Å². The summed E-state index contributed by atoms with van der Waals surface area (Å²) in [6.07, 6.45) is -0.815. The quantitative estimate of drug-likeness (QED) is 0.0668. The molecule has 0 spiro atoms. The molecule has 4 aromatic carbocycles. The van der Waals surface area contributed by atoms with E-state index in [1.54, 1.807) is 36.2 Å². The van der Waals surface area contributed by atoms with Crippen LogP contribution in [-0.2, 0) is 17.8 Å². The minimum atomic E-state index is -1.14. The van der Waals surface area contributed by atoms with Gasteiger partial charge in [0.25, 0.3) is 5.91 Å². The van der Waals surface area contributed by atoms with E-state index in [9.17, 15) is 29.7 Å². The molecule has 282 valence electrons. The second kappa shape index (κ2) is 19.7. The Kier molecular flexibility index (Phi) is 15.8. The third-order valence-electron chi connectivity index (χ3n) is 8.40. The van der Waals surface area contributed by atoms with E-state index in [2.05, 4.69) is 15.6 Å². The van der Waals surface area contributed by atoms with Crippen molar-refractivity contribution in [3.63, 3.8) is 0 Å². The highest BCUT2D eigenvalue weighted by Gasteiger charge is 2.17. The molecule has 1 atom stereocenters. The average Bonchev–Trinajstić information content (AvgIpc) is 3.11. The van der Waals surface area contributed by atoms with Crippen molar-refractivity contribution < 1.29 is 34.4 Å². The Labute approximate surface area is 323 Å². The molecule has 15 heteroatoms. The molecule has 6 N–H and O–H groups in total. The number of hydrogen-bond acceptors (Lipinski definition) is 8. The summed E-state index contributed by atoms with van der Waals surface area (Å²) in [5.41, 5.74) is 4.24. The molecule has 0 radical (unpaired) electrons. The molecule has 1 heterocycles. The number of halogens is 3. The zero-order valence-electron chi connectivity index (χ0n) is 28.9. The maximum Gasteiger partial charge on any atom is 0.409 e. The third kappa shape index (κ3) is 11.0. The highest BCUT2D eigenvalue weighted by molar-refractivity contribution is 6.32. The number of aliphatic hydroxyl groups is 1.